The van der Waals surface area contributed by atoms with Crippen LogP contribution in [0.2, 0.25) is 0 Å². The number of hydrogen-bond donors (Lipinski definition) is 1. The molecule has 0 saturated carbocycles. The summed E-state index contributed by atoms with van der Waals surface area (Å²) in [6, 6.07) is -0.188. The zero-order valence-corrected chi connectivity index (χ0v) is 10.8. The quantitative estimate of drug-likeness (QED) is 0.655. The number of carbonyl (C=O) groups is 1. The first kappa shape index (κ1) is 12.3. The number of nitrogens with zero attached hydrogens (tertiary/aromatic N) is 3. The van der Waals surface area contributed by atoms with Crippen molar-refractivity contribution in [2.75, 3.05) is 19.4 Å². The highest BCUT2D eigenvalue weighted by molar-refractivity contribution is 8.01. The number of aromatic nitrogens is 2. The van der Waals surface area contributed by atoms with Gasteiger partial charge in [-0.15, -0.1) is 10.2 Å². The van der Waals surface area contributed by atoms with E-state index in [2.05, 4.69) is 29.4 Å². The van der Waals surface area contributed by atoms with Gasteiger partial charge in [0.25, 0.3) is 0 Å². The van der Waals surface area contributed by atoms with Crippen LogP contribution in [0, 0.1) is 0 Å². The Kier molecular flexibility index (Phi) is 4.34. The van der Waals surface area contributed by atoms with Crippen LogP contribution in [0.1, 0.15) is 13.8 Å². The lowest BCUT2D eigenvalue weighted by Crippen LogP contribution is -2.27. The maximum absolute atomic E-state index is 11.3. The number of hydrogen-bond acceptors (Lipinski definition) is 5. The fourth-order valence-corrected chi connectivity index (χ4v) is 2.68. The maximum atomic E-state index is 11.3. The molecule has 0 aliphatic carbocycles. The second kappa shape index (κ2) is 5.32. The molecule has 0 spiro atoms. The topological polar surface area (TPSA) is 58.1 Å². The van der Waals surface area contributed by atoms with E-state index in [4.69, 9.17) is 0 Å². The van der Waals surface area contributed by atoms with Gasteiger partial charge in [0.1, 0.15) is 0 Å². The average Bonchev–Trinajstić information content (AvgIpc) is 2.51. The van der Waals surface area contributed by atoms with Gasteiger partial charge in [0, 0.05) is 19.3 Å². The molecule has 0 aromatic carbocycles. The van der Waals surface area contributed by atoms with Gasteiger partial charge in [-0.25, -0.2) is 4.79 Å². The predicted molar refractivity (Wildman–Crippen MR) is 63.6 cm³/mol. The zero-order valence-electron chi connectivity index (χ0n) is 9.14. The molecule has 2 amide bonds. The molecule has 15 heavy (non-hydrogen) atoms. The van der Waals surface area contributed by atoms with E-state index in [9.17, 15) is 4.79 Å². The highest BCUT2D eigenvalue weighted by Crippen LogP contribution is 2.28. The Bertz CT molecular complexity index is 337. The van der Waals surface area contributed by atoms with Gasteiger partial charge in [0.15, 0.2) is 4.34 Å². The summed E-state index contributed by atoms with van der Waals surface area (Å²) < 4.78 is 0.874. The third-order valence-corrected chi connectivity index (χ3v) is 3.29. The molecule has 7 heteroatoms. The van der Waals surface area contributed by atoms with Gasteiger partial charge in [-0.3, -0.25) is 5.32 Å². The lowest BCUT2D eigenvalue weighted by molar-refractivity contribution is 0.230. The molecule has 1 N–H and O–H groups in total. The molecule has 84 valence electrons. The van der Waals surface area contributed by atoms with Crippen LogP contribution in [0.25, 0.3) is 0 Å². The molecule has 1 aromatic rings. The second-order valence-electron chi connectivity index (χ2n) is 3.36. The minimum absolute atomic E-state index is 0.188. The fraction of sp³-hybridized carbons (Fsp3) is 0.625. The van der Waals surface area contributed by atoms with Crippen molar-refractivity contribution in [2.24, 2.45) is 0 Å². The van der Waals surface area contributed by atoms with Crippen LogP contribution in [-0.4, -0.2) is 40.5 Å². The highest BCUT2D eigenvalue weighted by atomic mass is 32.2. The van der Waals surface area contributed by atoms with Crippen molar-refractivity contribution in [3.8, 4) is 0 Å². The Balaban J connectivity index is 2.56. The predicted octanol–water partition coefficient (Wildman–Crippen LogP) is 2.13. The highest BCUT2D eigenvalue weighted by Gasteiger charge is 2.10. The molecule has 1 heterocycles. The lowest BCUT2D eigenvalue weighted by Gasteiger charge is -2.08. The molecular formula is C8H14N4OS2. The molecule has 0 aliphatic heterocycles. The van der Waals surface area contributed by atoms with Crippen molar-refractivity contribution in [1.29, 1.82) is 0 Å². The SMILES string of the molecule is CC(C)Sc1nnc(NC(=O)N(C)C)s1. The molecule has 1 aromatic heterocycles. The molecule has 0 aliphatic rings. The van der Waals surface area contributed by atoms with E-state index in [1.165, 1.54) is 16.2 Å². The third kappa shape index (κ3) is 4.05. The Morgan fingerprint density at radius 2 is 2.13 bits per heavy atom. The summed E-state index contributed by atoms with van der Waals surface area (Å²) in [5.41, 5.74) is 0. The van der Waals surface area contributed by atoms with Crippen LogP contribution in [0.4, 0.5) is 9.93 Å². The Labute approximate surface area is 97.3 Å². The van der Waals surface area contributed by atoms with E-state index in [-0.39, 0.29) is 6.03 Å². The molecule has 5 nitrogen and oxygen atoms in total. The number of rotatable bonds is 3. The molecule has 1 rings (SSSR count). The van der Waals surface area contributed by atoms with Crippen LogP contribution in [0.5, 0.6) is 0 Å². The van der Waals surface area contributed by atoms with E-state index >= 15 is 0 Å². The first-order valence-electron chi connectivity index (χ1n) is 4.47. The third-order valence-electron chi connectivity index (χ3n) is 1.36. The molecule has 0 unspecified atom stereocenters. The summed E-state index contributed by atoms with van der Waals surface area (Å²) in [5.74, 6) is 0. The number of nitrogens with one attached hydrogen (secondary N) is 1. The summed E-state index contributed by atoms with van der Waals surface area (Å²) >= 11 is 3.02. The first-order valence-corrected chi connectivity index (χ1v) is 6.17. The normalized spacial score (nSPS) is 10.5. The van der Waals surface area contributed by atoms with Gasteiger partial charge in [-0.05, 0) is 0 Å². The Morgan fingerprint density at radius 3 is 2.67 bits per heavy atom. The van der Waals surface area contributed by atoms with E-state index in [1.807, 2.05) is 0 Å². The van der Waals surface area contributed by atoms with Crippen molar-refractivity contribution in [3.05, 3.63) is 0 Å². The maximum Gasteiger partial charge on any atom is 0.323 e. The first-order chi connectivity index (χ1) is 6.99. The monoisotopic (exact) mass is 246 g/mol. The van der Waals surface area contributed by atoms with Crippen LogP contribution in [-0.2, 0) is 0 Å². The molecular weight excluding hydrogens is 232 g/mol. The summed E-state index contributed by atoms with van der Waals surface area (Å²) in [6.07, 6.45) is 0. The summed E-state index contributed by atoms with van der Waals surface area (Å²) in [6.45, 7) is 4.17. The fourth-order valence-electron chi connectivity index (χ4n) is 0.713. The molecule has 0 radical (unpaired) electrons. The van der Waals surface area contributed by atoms with Crippen molar-refractivity contribution in [1.82, 2.24) is 15.1 Å². The standard InChI is InChI=1S/C8H14N4OS2/c1-5(2)14-8-11-10-6(15-8)9-7(13)12(3)4/h5H,1-4H3,(H,9,10,13). The molecule has 0 atom stereocenters. The average molecular weight is 246 g/mol. The van der Waals surface area contributed by atoms with Gasteiger partial charge in [-0.1, -0.05) is 36.9 Å². The van der Waals surface area contributed by atoms with Gasteiger partial charge >= 0.3 is 6.03 Å². The van der Waals surface area contributed by atoms with Crippen molar-refractivity contribution in [3.63, 3.8) is 0 Å². The van der Waals surface area contributed by atoms with Crippen molar-refractivity contribution in [2.45, 2.75) is 23.4 Å². The number of thioether (sulfide) groups is 1. The summed E-state index contributed by atoms with van der Waals surface area (Å²) in [5, 5.41) is 11.5. The number of anilines is 1. The minimum Gasteiger partial charge on any atom is -0.331 e. The van der Waals surface area contributed by atoms with Gasteiger partial charge in [-0.2, -0.15) is 0 Å². The zero-order chi connectivity index (χ0) is 11.4. The van der Waals surface area contributed by atoms with Gasteiger partial charge < -0.3 is 4.90 Å². The van der Waals surface area contributed by atoms with Gasteiger partial charge in [0.2, 0.25) is 5.13 Å². The Morgan fingerprint density at radius 1 is 1.47 bits per heavy atom. The summed E-state index contributed by atoms with van der Waals surface area (Å²) in [4.78, 5) is 12.7. The van der Waals surface area contributed by atoms with Crippen molar-refractivity contribution >= 4 is 34.3 Å². The van der Waals surface area contributed by atoms with Crippen molar-refractivity contribution < 1.29 is 4.79 Å². The Hall–Kier alpha value is -0.820. The van der Waals surface area contributed by atoms with E-state index < -0.39 is 0 Å². The van der Waals surface area contributed by atoms with Gasteiger partial charge in [0.05, 0.1) is 0 Å². The van der Waals surface area contributed by atoms with Crippen LogP contribution in [0.15, 0.2) is 4.34 Å². The summed E-state index contributed by atoms with van der Waals surface area (Å²) in [7, 11) is 3.36. The lowest BCUT2D eigenvalue weighted by atomic mass is 10.6. The minimum atomic E-state index is -0.188. The molecule has 0 saturated heterocycles. The smallest absolute Gasteiger partial charge is 0.323 e. The van der Waals surface area contributed by atoms with E-state index in [0.29, 0.717) is 10.4 Å². The molecule has 0 fully saturated rings. The number of amides is 2. The van der Waals surface area contributed by atoms with Crippen LogP contribution in [0.3, 0.4) is 0 Å². The van der Waals surface area contributed by atoms with E-state index in [1.54, 1.807) is 25.9 Å². The van der Waals surface area contributed by atoms with E-state index in [0.717, 1.165) is 4.34 Å². The van der Waals surface area contributed by atoms with Crippen LogP contribution >= 0.6 is 23.1 Å². The second-order valence-corrected chi connectivity index (χ2v) is 6.17. The van der Waals surface area contributed by atoms with Crippen LogP contribution < -0.4 is 5.32 Å². The number of urea groups is 1. The molecule has 0 bridgehead atoms. The number of carbonyl (C=O) groups excluding carboxylic acids is 1. The largest absolute Gasteiger partial charge is 0.331 e.